The first kappa shape index (κ1) is 20.4. The molecule has 1 aliphatic rings. The molecule has 2 rings (SSSR count). The number of halogens is 1. The maximum atomic E-state index is 12.4. The van der Waals surface area contributed by atoms with E-state index < -0.39 is 6.04 Å². The topological polar surface area (TPSA) is 88.3 Å². The van der Waals surface area contributed by atoms with Gasteiger partial charge in [0.15, 0.2) is 0 Å². The Kier molecular flexibility index (Phi) is 8.15. The lowest BCUT2D eigenvalue weighted by atomic mass is 9.96. The van der Waals surface area contributed by atoms with Crippen LogP contribution in [0.15, 0.2) is 18.3 Å². The lowest BCUT2D eigenvalue weighted by molar-refractivity contribution is -0.136. The summed E-state index contributed by atoms with van der Waals surface area (Å²) in [5.74, 6) is 0.220. The number of piperidine rings is 1. The molecule has 24 heavy (non-hydrogen) atoms. The summed E-state index contributed by atoms with van der Waals surface area (Å²) in [6, 6.07) is 3.24. The zero-order valence-corrected chi connectivity index (χ0v) is 15.1. The van der Waals surface area contributed by atoms with Gasteiger partial charge in [-0.1, -0.05) is 19.4 Å². The minimum atomic E-state index is -0.458. The van der Waals surface area contributed by atoms with Crippen LogP contribution in [0.4, 0.5) is 5.82 Å². The lowest BCUT2D eigenvalue weighted by Gasteiger charge is -2.33. The van der Waals surface area contributed by atoms with Crippen molar-refractivity contribution in [2.75, 3.05) is 18.4 Å². The van der Waals surface area contributed by atoms with Gasteiger partial charge < -0.3 is 16.0 Å². The summed E-state index contributed by atoms with van der Waals surface area (Å²) in [5.41, 5.74) is 6.96. The summed E-state index contributed by atoms with van der Waals surface area (Å²) in [6.07, 6.45) is 4.88. The van der Waals surface area contributed by atoms with E-state index in [0.717, 1.165) is 24.8 Å². The molecule has 0 aromatic carbocycles. The van der Waals surface area contributed by atoms with Gasteiger partial charge in [0.2, 0.25) is 11.8 Å². The normalized spacial score (nSPS) is 18.5. The highest BCUT2D eigenvalue weighted by atomic mass is 35.5. The Labute approximate surface area is 149 Å². The number of amides is 2. The molecule has 2 heterocycles. The molecule has 6 nitrogen and oxygen atoms in total. The average Bonchev–Trinajstić information content (AvgIpc) is 2.56. The Bertz CT molecular complexity index is 550. The number of aryl methyl sites for hydroxylation is 1. The summed E-state index contributed by atoms with van der Waals surface area (Å²) in [6.45, 7) is 5.08. The van der Waals surface area contributed by atoms with Crippen LogP contribution in [0.3, 0.4) is 0 Å². The van der Waals surface area contributed by atoms with Crippen LogP contribution in [0.1, 0.15) is 38.2 Å². The minimum absolute atomic E-state index is 0. The molecule has 0 aliphatic carbocycles. The second kappa shape index (κ2) is 9.59. The number of nitrogens with zero attached hydrogens (tertiary/aromatic N) is 2. The molecule has 0 saturated carbocycles. The number of hydrogen-bond donors (Lipinski definition) is 2. The number of hydrogen-bond acceptors (Lipinski definition) is 4. The van der Waals surface area contributed by atoms with Crippen LogP contribution in [0, 0.1) is 12.8 Å². The Balaban J connectivity index is 0.00000288. The zero-order valence-electron chi connectivity index (χ0n) is 14.3. The third-order valence-corrected chi connectivity index (χ3v) is 4.18. The first-order valence-electron chi connectivity index (χ1n) is 8.29. The van der Waals surface area contributed by atoms with Crippen LogP contribution < -0.4 is 11.1 Å². The van der Waals surface area contributed by atoms with Crippen molar-refractivity contribution in [3.05, 3.63) is 23.9 Å². The second-order valence-corrected chi connectivity index (χ2v) is 6.23. The SMILES string of the molecule is CCCC(N)C(=O)N1CCCC(C(=O)Nc2ccc(C)cn2)C1.Cl. The van der Waals surface area contributed by atoms with Gasteiger partial charge in [-0.2, -0.15) is 0 Å². The van der Waals surface area contributed by atoms with Gasteiger partial charge in [0, 0.05) is 19.3 Å². The van der Waals surface area contributed by atoms with Crippen LogP contribution in [0.2, 0.25) is 0 Å². The molecule has 3 N–H and O–H groups in total. The smallest absolute Gasteiger partial charge is 0.239 e. The zero-order chi connectivity index (χ0) is 16.8. The molecule has 2 unspecified atom stereocenters. The Morgan fingerprint density at radius 3 is 2.83 bits per heavy atom. The van der Waals surface area contributed by atoms with Gasteiger partial charge in [-0.25, -0.2) is 4.98 Å². The quantitative estimate of drug-likeness (QED) is 0.847. The molecular weight excluding hydrogens is 328 g/mol. The van der Waals surface area contributed by atoms with Gasteiger partial charge in [0.25, 0.3) is 0 Å². The van der Waals surface area contributed by atoms with E-state index in [0.29, 0.717) is 25.3 Å². The Morgan fingerprint density at radius 1 is 1.46 bits per heavy atom. The van der Waals surface area contributed by atoms with E-state index in [1.54, 1.807) is 17.2 Å². The molecule has 1 aliphatic heterocycles. The highest BCUT2D eigenvalue weighted by Crippen LogP contribution is 2.19. The molecule has 0 radical (unpaired) electrons. The fourth-order valence-electron chi connectivity index (χ4n) is 2.83. The van der Waals surface area contributed by atoms with E-state index in [9.17, 15) is 9.59 Å². The van der Waals surface area contributed by atoms with Gasteiger partial charge >= 0.3 is 0 Å². The average molecular weight is 355 g/mol. The molecule has 7 heteroatoms. The van der Waals surface area contributed by atoms with Gasteiger partial charge in [-0.3, -0.25) is 9.59 Å². The summed E-state index contributed by atoms with van der Waals surface area (Å²) >= 11 is 0. The molecule has 0 spiro atoms. The maximum Gasteiger partial charge on any atom is 0.239 e. The third kappa shape index (κ3) is 5.46. The highest BCUT2D eigenvalue weighted by Gasteiger charge is 2.30. The van der Waals surface area contributed by atoms with Crippen LogP contribution in [-0.4, -0.2) is 40.8 Å². The Morgan fingerprint density at radius 2 is 2.21 bits per heavy atom. The summed E-state index contributed by atoms with van der Waals surface area (Å²) in [4.78, 5) is 30.6. The number of nitrogens with two attached hydrogens (primary N) is 1. The van der Waals surface area contributed by atoms with Gasteiger partial charge in [0.05, 0.1) is 12.0 Å². The standard InChI is InChI=1S/C17H26N4O2.ClH/c1-3-5-14(18)17(23)21-9-4-6-13(11-21)16(22)20-15-8-7-12(2)10-19-15;/h7-8,10,13-14H,3-6,9,11,18H2,1-2H3,(H,19,20,22);1H. The van der Waals surface area contributed by atoms with Crippen molar-refractivity contribution in [2.24, 2.45) is 11.7 Å². The highest BCUT2D eigenvalue weighted by molar-refractivity contribution is 5.92. The predicted molar refractivity (Wildman–Crippen MR) is 97.0 cm³/mol. The molecular formula is C17H27ClN4O2. The number of nitrogens with one attached hydrogen (secondary N) is 1. The number of carbonyl (C=O) groups excluding carboxylic acids is 2. The van der Waals surface area contributed by atoms with Crippen LogP contribution in [-0.2, 0) is 9.59 Å². The van der Waals surface area contributed by atoms with E-state index >= 15 is 0 Å². The molecule has 2 amide bonds. The van der Waals surface area contributed by atoms with Gasteiger partial charge in [-0.05, 0) is 37.8 Å². The second-order valence-electron chi connectivity index (χ2n) is 6.23. The molecule has 134 valence electrons. The number of rotatable bonds is 5. The molecule has 1 saturated heterocycles. The summed E-state index contributed by atoms with van der Waals surface area (Å²) in [7, 11) is 0. The van der Waals surface area contributed by atoms with Crippen molar-refractivity contribution < 1.29 is 9.59 Å². The number of pyridine rings is 1. The summed E-state index contributed by atoms with van der Waals surface area (Å²) < 4.78 is 0. The van der Waals surface area contributed by atoms with E-state index in [2.05, 4.69) is 10.3 Å². The Hall–Kier alpha value is -1.66. The van der Waals surface area contributed by atoms with Crippen molar-refractivity contribution >= 4 is 30.0 Å². The van der Waals surface area contributed by atoms with E-state index in [1.807, 2.05) is 19.9 Å². The first-order chi connectivity index (χ1) is 11.0. The third-order valence-electron chi connectivity index (χ3n) is 4.18. The van der Waals surface area contributed by atoms with Gasteiger partial charge in [-0.15, -0.1) is 12.4 Å². The van der Waals surface area contributed by atoms with Crippen LogP contribution in [0.5, 0.6) is 0 Å². The monoisotopic (exact) mass is 354 g/mol. The van der Waals surface area contributed by atoms with Crippen molar-refractivity contribution in [2.45, 2.75) is 45.6 Å². The molecule has 0 bridgehead atoms. The predicted octanol–water partition coefficient (Wildman–Crippen LogP) is 2.12. The van der Waals surface area contributed by atoms with E-state index in [4.69, 9.17) is 5.73 Å². The largest absolute Gasteiger partial charge is 0.341 e. The number of likely N-dealkylation sites (tertiary alicyclic amines) is 1. The maximum absolute atomic E-state index is 12.4. The molecule has 1 aromatic heterocycles. The van der Waals surface area contributed by atoms with Crippen molar-refractivity contribution in [3.63, 3.8) is 0 Å². The number of carbonyl (C=O) groups is 2. The molecule has 1 aromatic rings. The van der Waals surface area contributed by atoms with Crippen molar-refractivity contribution in [1.29, 1.82) is 0 Å². The van der Waals surface area contributed by atoms with E-state index in [-0.39, 0.29) is 30.1 Å². The van der Waals surface area contributed by atoms with Crippen molar-refractivity contribution in [3.8, 4) is 0 Å². The fraction of sp³-hybridized carbons (Fsp3) is 0.588. The number of anilines is 1. The van der Waals surface area contributed by atoms with E-state index in [1.165, 1.54) is 0 Å². The van der Waals surface area contributed by atoms with Crippen LogP contribution in [0.25, 0.3) is 0 Å². The molecule has 1 fully saturated rings. The van der Waals surface area contributed by atoms with Crippen LogP contribution >= 0.6 is 12.4 Å². The number of aromatic nitrogens is 1. The summed E-state index contributed by atoms with van der Waals surface area (Å²) in [5, 5.41) is 2.83. The molecule has 2 atom stereocenters. The fourth-order valence-corrected chi connectivity index (χ4v) is 2.83. The minimum Gasteiger partial charge on any atom is -0.341 e. The first-order valence-corrected chi connectivity index (χ1v) is 8.29. The van der Waals surface area contributed by atoms with Gasteiger partial charge in [0.1, 0.15) is 5.82 Å². The van der Waals surface area contributed by atoms with Crippen molar-refractivity contribution in [1.82, 2.24) is 9.88 Å². The lowest BCUT2D eigenvalue weighted by Crippen LogP contribution is -2.49.